The Balaban J connectivity index is 1.58. The van der Waals surface area contributed by atoms with Crippen molar-refractivity contribution in [1.82, 2.24) is 14.5 Å². The van der Waals surface area contributed by atoms with Gasteiger partial charge in [0.25, 0.3) is 0 Å². The molecule has 0 bridgehead atoms. The van der Waals surface area contributed by atoms with E-state index in [-0.39, 0.29) is 6.04 Å². The lowest BCUT2D eigenvalue weighted by atomic mass is 10.0. The SMILES string of the molecule is CCOc1ccc(NC(=S)N2CCn3cccc3[C@H]2c2ccncc2)cc1. The quantitative estimate of drug-likeness (QED) is 0.693. The number of aromatic nitrogens is 2. The summed E-state index contributed by atoms with van der Waals surface area (Å²) in [5.74, 6) is 0.861. The van der Waals surface area contributed by atoms with Gasteiger partial charge in [-0.05, 0) is 73.2 Å². The van der Waals surface area contributed by atoms with Crippen LogP contribution in [0.25, 0.3) is 0 Å². The number of nitrogens with one attached hydrogen (secondary N) is 1. The van der Waals surface area contributed by atoms with Crippen molar-refractivity contribution in [1.29, 1.82) is 0 Å². The third kappa shape index (κ3) is 3.66. The molecular formula is C21H22N4OS. The minimum Gasteiger partial charge on any atom is -0.494 e. The van der Waals surface area contributed by atoms with Crippen molar-refractivity contribution in [3.05, 3.63) is 78.4 Å². The number of rotatable bonds is 4. The molecule has 0 saturated heterocycles. The zero-order valence-electron chi connectivity index (χ0n) is 15.2. The van der Waals surface area contributed by atoms with E-state index in [0.29, 0.717) is 11.7 Å². The highest BCUT2D eigenvalue weighted by Crippen LogP contribution is 2.32. The van der Waals surface area contributed by atoms with Crippen molar-refractivity contribution < 1.29 is 4.74 Å². The van der Waals surface area contributed by atoms with Crippen molar-refractivity contribution in [3.8, 4) is 5.75 Å². The lowest BCUT2D eigenvalue weighted by Crippen LogP contribution is -2.44. The van der Waals surface area contributed by atoms with Crippen LogP contribution >= 0.6 is 12.2 Å². The molecule has 1 aromatic carbocycles. The molecule has 6 heteroatoms. The summed E-state index contributed by atoms with van der Waals surface area (Å²) < 4.78 is 7.80. The summed E-state index contributed by atoms with van der Waals surface area (Å²) in [6, 6.07) is 16.3. The zero-order chi connectivity index (χ0) is 18.6. The molecule has 1 aliphatic rings. The predicted molar refractivity (Wildman–Crippen MR) is 111 cm³/mol. The largest absolute Gasteiger partial charge is 0.494 e. The van der Waals surface area contributed by atoms with Crippen molar-refractivity contribution in [2.45, 2.75) is 19.5 Å². The minimum atomic E-state index is 0.0689. The van der Waals surface area contributed by atoms with E-state index in [4.69, 9.17) is 17.0 Å². The molecule has 138 valence electrons. The van der Waals surface area contributed by atoms with E-state index in [0.717, 1.165) is 24.5 Å². The molecule has 0 saturated carbocycles. The summed E-state index contributed by atoms with van der Waals surface area (Å²) in [5, 5.41) is 4.10. The van der Waals surface area contributed by atoms with Gasteiger partial charge < -0.3 is 19.5 Å². The van der Waals surface area contributed by atoms with E-state index in [1.165, 1.54) is 11.3 Å². The van der Waals surface area contributed by atoms with E-state index in [1.807, 2.05) is 43.6 Å². The van der Waals surface area contributed by atoms with E-state index in [9.17, 15) is 0 Å². The Morgan fingerprint density at radius 1 is 1.15 bits per heavy atom. The summed E-state index contributed by atoms with van der Waals surface area (Å²) in [6.07, 6.45) is 5.79. The molecule has 3 heterocycles. The van der Waals surface area contributed by atoms with Crippen molar-refractivity contribution in [3.63, 3.8) is 0 Å². The summed E-state index contributed by atoms with van der Waals surface area (Å²) in [7, 11) is 0. The van der Waals surface area contributed by atoms with Crippen molar-refractivity contribution >= 4 is 23.0 Å². The molecule has 0 amide bonds. The number of benzene rings is 1. The van der Waals surface area contributed by atoms with Gasteiger partial charge in [-0.15, -0.1) is 0 Å². The Morgan fingerprint density at radius 2 is 1.93 bits per heavy atom. The van der Waals surface area contributed by atoms with Crippen LogP contribution in [0.15, 0.2) is 67.1 Å². The Bertz CT molecular complexity index is 907. The second kappa shape index (κ2) is 7.80. The lowest BCUT2D eigenvalue weighted by molar-refractivity contribution is 0.293. The second-order valence-electron chi connectivity index (χ2n) is 6.39. The second-order valence-corrected chi connectivity index (χ2v) is 6.78. The first-order valence-corrected chi connectivity index (χ1v) is 9.52. The van der Waals surface area contributed by atoms with Gasteiger partial charge in [0.05, 0.1) is 12.6 Å². The highest BCUT2D eigenvalue weighted by atomic mass is 32.1. The lowest BCUT2D eigenvalue weighted by Gasteiger charge is -2.39. The third-order valence-electron chi connectivity index (χ3n) is 4.74. The molecule has 2 aromatic heterocycles. The van der Waals surface area contributed by atoms with Crippen LogP contribution in [0.4, 0.5) is 5.69 Å². The van der Waals surface area contributed by atoms with E-state index >= 15 is 0 Å². The first-order chi connectivity index (χ1) is 13.3. The summed E-state index contributed by atoms with van der Waals surface area (Å²) in [5.41, 5.74) is 3.38. The molecule has 0 aliphatic carbocycles. The standard InChI is InChI=1S/C21H22N4OS/c1-2-26-18-7-5-17(6-8-18)23-21(27)25-15-14-24-13-3-4-19(24)20(25)16-9-11-22-12-10-16/h3-13,20H,2,14-15H2,1H3,(H,23,27)/t20-/m1/s1. The average Bonchev–Trinajstić information content (AvgIpc) is 3.18. The highest BCUT2D eigenvalue weighted by molar-refractivity contribution is 7.80. The number of thiocarbonyl (C=S) groups is 1. The summed E-state index contributed by atoms with van der Waals surface area (Å²) >= 11 is 5.78. The molecule has 0 spiro atoms. The van der Waals surface area contributed by atoms with Crippen LogP contribution in [0.3, 0.4) is 0 Å². The monoisotopic (exact) mass is 378 g/mol. The topological polar surface area (TPSA) is 42.3 Å². The van der Waals surface area contributed by atoms with Crippen LogP contribution in [-0.4, -0.2) is 32.7 Å². The number of hydrogen-bond acceptors (Lipinski definition) is 3. The summed E-state index contributed by atoms with van der Waals surface area (Å²) in [6.45, 7) is 4.39. The smallest absolute Gasteiger partial charge is 0.174 e. The van der Waals surface area contributed by atoms with Gasteiger partial charge in [0.15, 0.2) is 5.11 Å². The van der Waals surface area contributed by atoms with E-state index < -0.39 is 0 Å². The molecule has 4 rings (SSSR count). The van der Waals surface area contributed by atoms with E-state index in [1.54, 1.807) is 0 Å². The minimum absolute atomic E-state index is 0.0689. The van der Waals surface area contributed by atoms with Crippen LogP contribution in [0, 0.1) is 0 Å². The first-order valence-electron chi connectivity index (χ1n) is 9.11. The molecule has 5 nitrogen and oxygen atoms in total. The van der Waals surface area contributed by atoms with Crippen molar-refractivity contribution in [2.24, 2.45) is 0 Å². The molecule has 0 radical (unpaired) electrons. The van der Waals surface area contributed by atoms with Gasteiger partial charge in [-0.25, -0.2) is 0 Å². The zero-order valence-corrected chi connectivity index (χ0v) is 16.0. The number of hydrogen-bond donors (Lipinski definition) is 1. The number of pyridine rings is 1. The van der Waals surface area contributed by atoms with Gasteiger partial charge in [0, 0.05) is 43.1 Å². The molecule has 1 aliphatic heterocycles. The van der Waals surface area contributed by atoms with E-state index in [2.05, 4.69) is 50.2 Å². The van der Waals surface area contributed by atoms with Crippen LogP contribution in [0.5, 0.6) is 5.75 Å². The number of ether oxygens (including phenoxy) is 1. The first kappa shape index (κ1) is 17.5. The fourth-order valence-corrected chi connectivity index (χ4v) is 3.81. The Labute approximate surface area is 164 Å². The van der Waals surface area contributed by atoms with Gasteiger partial charge in [-0.1, -0.05) is 0 Å². The molecule has 1 N–H and O–H groups in total. The van der Waals surface area contributed by atoms with Crippen LogP contribution in [-0.2, 0) is 6.54 Å². The maximum Gasteiger partial charge on any atom is 0.174 e. The molecule has 0 unspecified atom stereocenters. The maximum absolute atomic E-state index is 5.78. The molecule has 0 fully saturated rings. The van der Waals surface area contributed by atoms with Gasteiger partial charge in [-0.3, -0.25) is 4.98 Å². The highest BCUT2D eigenvalue weighted by Gasteiger charge is 2.30. The number of nitrogens with zero attached hydrogens (tertiary/aromatic N) is 3. The van der Waals surface area contributed by atoms with Gasteiger partial charge in [0.1, 0.15) is 5.75 Å². The normalized spacial score (nSPS) is 15.9. The fraction of sp³-hybridized carbons (Fsp3) is 0.238. The molecule has 1 atom stereocenters. The van der Waals surface area contributed by atoms with Crippen LogP contribution in [0.1, 0.15) is 24.2 Å². The van der Waals surface area contributed by atoms with Gasteiger partial charge in [0.2, 0.25) is 0 Å². The Hall–Kier alpha value is -2.86. The Kier molecular flexibility index (Phi) is 5.07. The maximum atomic E-state index is 5.78. The average molecular weight is 379 g/mol. The molecule has 3 aromatic rings. The molecular weight excluding hydrogens is 356 g/mol. The summed E-state index contributed by atoms with van der Waals surface area (Å²) in [4.78, 5) is 6.41. The number of anilines is 1. The number of fused-ring (bicyclic) bond motifs is 1. The van der Waals surface area contributed by atoms with Gasteiger partial charge >= 0.3 is 0 Å². The van der Waals surface area contributed by atoms with Crippen LogP contribution < -0.4 is 10.1 Å². The van der Waals surface area contributed by atoms with Crippen LogP contribution in [0.2, 0.25) is 0 Å². The fourth-order valence-electron chi connectivity index (χ4n) is 3.50. The third-order valence-corrected chi connectivity index (χ3v) is 5.07. The molecule has 27 heavy (non-hydrogen) atoms. The van der Waals surface area contributed by atoms with Gasteiger partial charge in [-0.2, -0.15) is 0 Å². The van der Waals surface area contributed by atoms with Crippen molar-refractivity contribution in [2.75, 3.05) is 18.5 Å². The Morgan fingerprint density at radius 3 is 2.67 bits per heavy atom. The predicted octanol–water partition coefficient (Wildman–Crippen LogP) is 4.08.